The highest BCUT2D eigenvalue weighted by Gasteiger charge is 2.23. The number of benzene rings is 1. The molecule has 0 saturated heterocycles. The molecule has 0 aliphatic rings. The number of halogens is 1. The van der Waals surface area contributed by atoms with Crippen molar-refractivity contribution in [2.45, 2.75) is 25.2 Å². The summed E-state index contributed by atoms with van der Waals surface area (Å²) in [6, 6.07) is 9.41. The van der Waals surface area contributed by atoms with Gasteiger partial charge in [0.15, 0.2) is 11.4 Å². The highest BCUT2D eigenvalue weighted by Crippen LogP contribution is 2.28. The molecule has 2 N–H and O–H groups in total. The number of rotatable bonds is 8. The van der Waals surface area contributed by atoms with Crippen LogP contribution in [-0.2, 0) is 10.0 Å². The van der Waals surface area contributed by atoms with Gasteiger partial charge in [0.2, 0.25) is 10.0 Å². The molecule has 0 radical (unpaired) electrons. The Kier molecular flexibility index (Phi) is 6.23. The minimum Gasteiger partial charge on any atom is -0.370 e. The molecule has 0 spiro atoms. The molecule has 0 unspecified atom stereocenters. The summed E-state index contributed by atoms with van der Waals surface area (Å²) in [4.78, 5) is 4.81. The second-order valence-electron chi connectivity index (χ2n) is 7.40. The van der Waals surface area contributed by atoms with E-state index < -0.39 is 10.0 Å². The lowest BCUT2D eigenvalue weighted by Crippen LogP contribution is -2.27. The Labute approximate surface area is 191 Å². The van der Waals surface area contributed by atoms with Gasteiger partial charge in [-0.25, -0.2) is 18.1 Å². The summed E-state index contributed by atoms with van der Waals surface area (Å²) in [6.07, 6.45) is 2.30. The number of aryl methyl sites for hydroxylation is 2. The number of nitrogens with one attached hydrogen (secondary N) is 2. The summed E-state index contributed by atoms with van der Waals surface area (Å²) in [5.41, 5.74) is 3.56. The number of fused-ring (bicyclic) bond motifs is 1. The largest absolute Gasteiger partial charge is 0.370 e. The van der Waals surface area contributed by atoms with Gasteiger partial charge in [-0.15, -0.1) is 0 Å². The zero-order valence-corrected chi connectivity index (χ0v) is 19.5. The van der Waals surface area contributed by atoms with Gasteiger partial charge in [0, 0.05) is 35.9 Å². The molecule has 0 atom stereocenters. The van der Waals surface area contributed by atoms with Crippen molar-refractivity contribution in [1.29, 1.82) is 0 Å². The lowest BCUT2D eigenvalue weighted by atomic mass is 10.0. The van der Waals surface area contributed by atoms with Crippen LogP contribution < -0.4 is 15.5 Å². The van der Waals surface area contributed by atoms with Crippen LogP contribution in [-0.4, -0.2) is 49.1 Å². The van der Waals surface area contributed by atoms with Crippen molar-refractivity contribution in [3.8, 4) is 11.3 Å². The molecule has 4 rings (SSSR count). The third-order valence-corrected chi connectivity index (χ3v) is 7.02. The first kappa shape index (κ1) is 22.3. The normalized spacial score (nSPS) is 11.8. The highest BCUT2D eigenvalue weighted by atomic mass is 35.5. The van der Waals surface area contributed by atoms with Crippen LogP contribution in [0.15, 0.2) is 45.9 Å². The predicted octanol–water partition coefficient (Wildman–Crippen LogP) is 1.69. The smallest absolute Gasteiger partial charge is 0.245 e. The Bertz CT molecular complexity index is 1370. The van der Waals surface area contributed by atoms with E-state index in [2.05, 4.69) is 20.3 Å². The van der Waals surface area contributed by atoms with E-state index in [-0.39, 0.29) is 17.2 Å². The molecule has 4 aromatic rings. The summed E-state index contributed by atoms with van der Waals surface area (Å²) < 4.78 is 34.3. The van der Waals surface area contributed by atoms with Gasteiger partial charge in [0.1, 0.15) is 24.3 Å². The van der Waals surface area contributed by atoms with Crippen LogP contribution in [0.25, 0.3) is 16.9 Å². The average Bonchev–Trinajstić information content (AvgIpc) is 3.30. The highest BCUT2D eigenvalue weighted by molar-refractivity contribution is 7.89. The molecule has 0 amide bonds. The quantitative estimate of drug-likeness (QED) is 0.296. The fourth-order valence-electron chi connectivity index (χ4n) is 3.45. The van der Waals surface area contributed by atoms with Gasteiger partial charge in [0.25, 0.3) is 0 Å². The molecule has 3 aromatic heterocycles. The first-order valence-corrected chi connectivity index (χ1v) is 11.9. The second-order valence-corrected chi connectivity index (χ2v) is 9.51. The van der Waals surface area contributed by atoms with E-state index in [0.717, 1.165) is 28.2 Å². The molecule has 0 fully saturated rings. The monoisotopic (exact) mass is 472 g/mol. The summed E-state index contributed by atoms with van der Waals surface area (Å²) in [5, 5.41) is 12.0. The summed E-state index contributed by atoms with van der Waals surface area (Å²) in [5.74, 6) is 1.01. The lowest BCUT2D eigenvalue weighted by molar-refractivity contribution is 0.390. The van der Waals surface area contributed by atoms with Crippen LogP contribution in [0.2, 0.25) is 5.02 Å². The molecule has 9 nitrogen and oxygen atoms in total. The minimum absolute atomic E-state index is 0.0951. The molecular formula is C20H22BClN6O3S. The standard InChI is InChI=1S/C20H22BClN6O3S/c1-12-19(13(2)31-27-12)32(29,30)25-9-5-8-23-18-10-17(14-6-3-4-7-16(14)22)26-20-15(21)11-24-28(18)20/h3-4,6-7,10-11,23,25H,5,8-9,21H2,1-2H3. The van der Waals surface area contributed by atoms with Crippen LogP contribution >= 0.6 is 11.6 Å². The molecule has 0 aliphatic carbocycles. The topological polar surface area (TPSA) is 114 Å². The Balaban J connectivity index is 1.47. The van der Waals surface area contributed by atoms with Crippen molar-refractivity contribution >= 4 is 46.4 Å². The zero-order valence-electron chi connectivity index (χ0n) is 17.9. The summed E-state index contributed by atoms with van der Waals surface area (Å²) in [6.45, 7) is 3.95. The maximum absolute atomic E-state index is 12.5. The maximum Gasteiger partial charge on any atom is 0.245 e. The molecular weight excluding hydrogens is 451 g/mol. The van der Waals surface area contributed by atoms with E-state index in [1.54, 1.807) is 24.6 Å². The van der Waals surface area contributed by atoms with Gasteiger partial charge in [-0.05, 0) is 31.8 Å². The van der Waals surface area contributed by atoms with Crippen LogP contribution in [0, 0.1) is 13.8 Å². The molecule has 0 aliphatic heterocycles. The Morgan fingerprint density at radius 2 is 2.00 bits per heavy atom. The predicted molar refractivity (Wildman–Crippen MR) is 126 cm³/mol. The molecule has 32 heavy (non-hydrogen) atoms. The van der Waals surface area contributed by atoms with Crippen LogP contribution in [0.3, 0.4) is 0 Å². The zero-order chi connectivity index (χ0) is 22.9. The number of sulfonamides is 1. The van der Waals surface area contributed by atoms with Crippen molar-refractivity contribution in [3.63, 3.8) is 0 Å². The van der Waals surface area contributed by atoms with Crippen molar-refractivity contribution in [2.24, 2.45) is 0 Å². The van der Waals surface area contributed by atoms with Gasteiger partial charge in [0.05, 0.1) is 5.69 Å². The van der Waals surface area contributed by atoms with Crippen LogP contribution in [0.5, 0.6) is 0 Å². The number of aromatic nitrogens is 4. The Morgan fingerprint density at radius 1 is 1.22 bits per heavy atom. The maximum atomic E-state index is 12.5. The van der Waals surface area contributed by atoms with Gasteiger partial charge in [-0.2, -0.15) is 9.61 Å². The van der Waals surface area contributed by atoms with Crippen molar-refractivity contribution in [3.05, 3.63) is 53.0 Å². The van der Waals surface area contributed by atoms with Gasteiger partial charge >= 0.3 is 0 Å². The third-order valence-electron chi connectivity index (χ3n) is 4.99. The number of nitrogens with zero attached hydrogens (tertiary/aromatic N) is 4. The van der Waals surface area contributed by atoms with E-state index in [4.69, 9.17) is 21.1 Å². The van der Waals surface area contributed by atoms with Gasteiger partial charge in [-0.3, -0.25) is 0 Å². The molecule has 3 heterocycles. The second kappa shape index (κ2) is 8.93. The fraction of sp³-hybridized carbons (Fsp3) is 0.250. The molecule has 12 heteroatoms. The third kappa shape index (κ3) is 4.36. The van der Waals surface area contributed by atoms with Crippen LogP contribution in [0.4, 0.5) is 5.82 Å². The van der Waals surface area contributed by atoms with Crippen molar-refractivity contribution < 1.29 is 12.9 Å². The van der Waals surface area contributed by atoms with Gasteiger partial charge in [-0.1, -0.05) is 35.0 Å². The van der Waals surface area contributed by atoms with Crippen molar-refractivity contribution in [2.75, 3.05) is 18.4 Å². The van der Waals surface area contributed by atoms with Crippen LogP contribution in [0.1, 0.15) is 17.9 Å². The summed E-state index contributed by atoms with van der Waals surface area (Å²) in [7, 11) is -1.74. The fourth-order valence-corrected chi connectivity index (χ4v) is 5.08. The average molecular weight is 473 g/mol. The molecule has 0 saturated carbocycles. The van der Waals surface area contributed by atoms with E-state index in [0.29, 0.717) is 23.7 Å². The lowest BCUT2D eigenvalue weighted by Gasteiger charge is -2.12. The van der Waals surface area contributed by atoms with Gasteiger partial charge < -0.3 is 9.84 Å². The Morgan fingerprint density at radius 3 is 2.72 bits per heavy atom. The first-order chi connectivity index (χ1) is 15.3. The minimum atomic E-state index is -3.68. The first-order valence-electron chi connectivity index (χ1n) is 10.0. The molecule has 1 aromatic carbocycles. The van der Waals surface area contributed by atoms with E-state index in [1.165, 1.54) is 0 Å². The van der Waals surface area contributed by atoms with Crippen molar-refractivity contribution in [1.82, 2.24) is 24.5 Å². The number of anilines is 1. The summed E-state index contributed by atoms with van der Waals surface area (Å²) >= 11 is 6.37. The SMILES string of the molecule is Bc1cnn2c(NCCCNS(=O)(=O)c3c(C)noc3C)cc(-c3ccccc3Cl)nc12. The Hall–Kier alpha value is -2.89. The van der Waals surface area contributed by atoms with E-state index in [1.807, 2.05) is 38.2 Å². The van der Waals surface area contributed by atoms with E-state index >= 15 is 0 Å². The van der Waals surface area contributed by atoms with E-state index in [9.17, 15) is 8.42 Å². The number of hydrogen-bond donors (Lipinski definition) is 2. The molecule has 166 valence electrons. The molecule has 0 bridgehead atoms. The number of hydrogen-bond acceptors (Lipinski definition) is 7.